The highest BCUT2D eigenvalue weighted by Gasteiger charge is 2.23. The van der Waals surface area contributed by atoms with Crippen molar-refractivity contribution in [1.82, 2.24) is 15.0 Å². The third-order valence-electron chi connectivity index (χ3n) is 3.62. The second kappa shape index (κ2) is 4.74. The number of nitrogens with one attached hydrogen (secondary N) is 1. The van der Waals surface area contributed by atoms with E-state index in [1.807, 2.05) is 29.6 Å². The van der Waals surface area contributed by atoms with Gasteiger partial charge in [0.05, 0.1) is 22.6 Å². The van der Waals surface area contributed by atoms with Gasteiger partial charge >= 0.3 is 0 Å². The molecule has 1 N–H and O–H groups in total. The molecule has 1 aliphatic rings. The largest absolute Gasteiger partial charge is 0.273 e. The lowest BCUT2D eigenvalue weighted by Gasteiger charge is -2.19. The molecule has 1 unspecified atom stereocenters. The van der Waals surface area contributed by atoms with Gasteiger partial charge in [-0.1, -0.05) is 26.8 Å². The molecule has 2 aromatic heterocycles. The van der Waals surface area contributed by atoms with E-state index < -0.39 is 0 Å². The number of hydrogen-bond donors (Lipinski definition) is 1. The van der Waals surface area contributed by atoms with Crippen LogP contribution >= 0.6 is 0 Å². The summed E-state index contributed by atoms with van der Waals surface area (Å²) in [6.07, 6.45) is 0.466. The van der Waals surface area contributed by atoms with E-state index in [0.29, 0.717) is 12.3 Å². The first-order chi connectivity index (χ1) is 9.56. The van der Waals surface area contributed by atoms with E-state index in [1.54, 1.807) is 0 Å². The van der Waals surface area contributed by atoms with Gasteiger partial charge in [-0.05, 0) is 24.1 Å². The van der Waals surface area contributed by atoms with Crippen LogP contribution in [0.1, 0.15) is 44.5 Å². The molecule has 0 saturated heterocycles. The third kappa shape index (κ3) is 2.09. The Labute approximate surface area is 117 Å². The summed E-state index contributed by atoms with van der Waals surface area (Å²) in [6, 6.07) is 8.13. The van der Waals surface area contributed by atoms with Crippen LogP contribution in [0.2, 0.25) is 0 Å². The van der Waals surface area contributed by atoms with Crippen LogP contribution < -0.4 is 5.43 Å². The average Bonchev–Trinajstić information content (AvgIpc) is 2.83. The summed E-state index contributed by atoms with van der Waals surface area (Å²) < 4.78 is 1.92. The van der Waals surface area contributed by atoms with Crippen molar-refractivity contribution in [3.05, 3.63) is 35.7 Å². The van der Waals surface area contributed by atoms with Gasteiger partial charge in [0.25, 0.3) is 0 Å². The smallest absolute Gasteiger partial charge is 0.240 e. The molecule has 1 atom stereocenters. The van der Waals surface area contributed by atoms with Gasteiger partial charge in [0.2, 0.25) is 5.91 Å². The summed E-state index contributed by atoms with van der Waals surface area (Å²) in [4.78, 5) is 11.4. The number of pyridine rings is 1. The normalized spacial score (nSPS) is 19.3. The minimum atomic E-state index is -0.0308. The second-order valence-electron chi connectivity index (χ2n) is 5.61. The molecular weight excluding hydrogens is 252 g/mol. The summed E-state index contributed by atoms with van der Waals surface area (Å²) in [6.45, 7) is 6.27. The van der Waals surface area contributed by atoms with Crippen LogP contribution in [0.3, 0.4) is 0 Å². The van der Waals surface area contributed by atoms with E-state index in [0.717, 1.165) is 22.6 Å². The zero-order valence-electron chi connectivity index (χ0n) is 11.9. The highest BCUT2D eigenvalue weighted by atomic mass is 16.2. The first kappa shape index (κ1) is 12.8. The molecule has 2 aromatic rings. The molecule has 3 rings (SSSR count). The van der Waals surface area contributed by atoms with Gasteiger partial charge in [0.15, 0.2) is 0 Å². The van der Waals surface area contributed by atoms with Gasteiger partial charge in [-0.15, -0.1) is 0 Å². The van der Waals surface area contributed by atoms with Crippen LogP contribution in [0.4, 0.5) is 0 Å². The fourth-order valence-electron chi connectivity index (χ4n) is 2.47. The molecule has 3 heterocycles. The molecule has 1 amide bonds. The molecule has 0 bridgehead atoms. The third-order valence-corrected chi connectivity index (χ3v) is 3.62. The minimum Gasteiger partial charge on any atom is -0.273 e. The number of carbonyl (C=O) groups excluding carboxylic acids is 1. The second-order valence-corrected chi connectivity index (χ2v) is 5.61. The Morgan fingerprint density at radius 2 is 2.20 bits per heavy atom. The van der Waals surface area contributed by atoms with E-state index in [1.165, 1.54) is 0 Å². The van der Waals surface area contributed by atoms with Crippen molar-refractivity contribution >= 4 is 17.1 Å². The number of rotatable bonds is 2. The maximum Gasteiger partial charge on any atom is 0.240 e. The van der Waals surface area contributed by atoms with Crippen LogP contribution in [-0.2, 0) is 4.79 Å². The Hall–Kier alpha value is -2.17. The molecule has 20 heavy (non-hydrogen) atoms. The number of amides is 1. The van der Waals surface area contributed by atoms with Crippen molar-refractivity contribution in [3.63, 3.8) is 0 Å². The number of nitrogens with zero attached hydrogens (tertiary/aromatic N) is 3. The molecule has 0 radical (unpaired) electrons. The molecular formula is C15H18N4O. The minimum absolute atomic E-state index is 0.0308. The number of fused-ring (bicyclic) bond motifs is 1. The number of hydrogen-bond acceptors (Lipinski definition) is 3. The van der Waals surface area contributed by atoms with Crippen molar-refractivity contribution in [3.8, 4) is 0 Å². The summed E-state index contributed by atoms with van der Waals surface area (Å²) in [7, 11) is 0. The maximum absolute atomic E-state index is 11.4. The molecule has 1 aliphatic heterocycles. The highest BCUT2D eigenvalue weighted by Crippen LogP contribution is 2.20. The summed E-state index contributed by atoms with van der Waals surface area (Å²) in [5, 5.41) is 8.89. The molecule has 0 aromatic carbocycles. The first-order valence-corrected chi connectivity index (χ1v) is 6.91. The summed E-state index contributed by atoms with van der Waals surface area (Å²) in [5.74, 6) is 0.450. The zero-order valence-corrected chi connectivity index (χ0v) is 11.9. The van der Waals surface area contributed by atoms with Crippen LogP contribution in [0.25, 0.3) is 5.52 Å². The standard InChI is InChI=1S/C15H18N4O/c1-9(2)12-8-11-5-4-6-13(19(11)18-12)15-10(3)7-14(20)16-17-15/h4-6,8-10H,7H2,1-3H3,(H,16,20). The topological polar surface area (TPSA) is 58.8 Å². The molecule has 0 saturated carbocycles. The van der Waals surface area contributed by atoms with E-state index >= 15 is 0 Å². The van der Waals surface area contributed by atoms with Crippen molar-refractivity contribution in [2.45, 2.75) is 33.1 Å². The molecule has 5 heteroatoms. The molecule has 0 fully saturated rings. The number of aromatic nitrogens is 2. The Morgan fingerprint density at radius 1 is 1.40 bits per heavy atom. The van der Waals surface area contributed by atoms with Crippen LogP contribution in [0.5, 0.6) is 0 Å². The SMILES string of the molecule is CC1CC(=O)NN=C1c1cccc2cc(C(C)C)nn12. The monoisotopic (exact) mass is 270 g/mol. The van der Waals surface area contributed by atoms with E-state index in [2.05, 4.69) is 35.5 Å². The number of hydrazone groups is 1. The van der Waals surface area contributed by atoms with E-state index in [4.69, 9.17) is 0 Å². The summed E-state index contributed by atoms with van der Waals surface area (Å²) >= 11 is 0. The molecule has 0 aliphatic carbocycles. The molecule has 104 valence electrons. The number of carbonyl (C=O) groups is 1. The van der Waals surface area contributed by atoms with Gasteiger partial charge in [-0.3, -0.25) is 4.79 Å². The zero-order chi connectivity index (χ0) is 14.3. The van der Waals surface area contributed by atoms with Crippen LogP contribution in [0.15, 0.2) is 29.4 Å². The van der Waals surface area contributed by atoms with Gasteiger partial charge in [0, 0.05) is 12.3 Å². The maximum atomic E-state index is 11.4. The lowest BCUT2D eigenvalue weighted by atomic mass is 9.97. The van der Waals surface area contributed by atoms with Crippen molar-refractivity contribution < 1.29 is 4.79 Å². The van der Waals surface area contributed by atoms with Crippen molar-refractivity contribution in [1.29, 1.82) is 0 Å². The Bertz CT molecular complexity index is 699. The Balaban J connectivity index is 2.14. The molecule has 0 spiro atoms. The van der Waals surface area contributed by atoms with Crippen molar-refractivity contribution in [2.75, 3.05) is 0 Å². The van der Waals surface area contributed by atoms with Gasteiger partial charge < -0.3 is 0 Å². The lowest BCUT2D eigenvalue weighted by Crippen LogP contribution is -2.33. The lowest BCUT2D eigenvalue weighted by molar-refractivity contribution is -0.121. The van der Waals surface area contributed by atoms with Gasteiger partial charge in [-0.25, -0.2) is 9.94 Å². The van der Waals surface area contributed by atoms with E-state index in [9.17, 15) is 4.79 Å². The first-order valence-electron chi connectivity index (χ1n) is 6.91. The quantitative estimate of drug-likeness (QED) is 0.910. The van der Waals surface area contributed by atoms with E-state index in [-0.39, 0.29) is 11.8 Å². The fraction of sp³-hybridized carbons (Fsp3) is 0.400. The van der Waals surface area contributed by atoms with Crippen LogP contribution in [-0.4, -0.2) is 21.2 Å². The summed E-state index contributed by atoms with van der Waals surface area (Å²) in [5.41, 5.74) is 6.51. The van der Waals surface area contributed by atoms with Gasteiger partial charge in [-0.2, -0.15) is 10.2 Å². The Morgan fingerprint density at radius 3 is 2.90 bits per heavy atom. The predicted molar refractivity (Wildman–Crippen MR) is 77.7 cm³/mol. The predicted octanol–water partition coefficient (Wildman–Crippen LogP) is 2.32. The highest BCUT2D eigenvalue weighted by molar-refractivity contribution is 6.04. The average molecular weight is 270 g/mol. The fourth-order valence-corrected chi connectivity index (χ4v) is 2.47. The van der Waals surface area contributed by atoms with Crippen LogP contribution in [0, 0.1) is 5.92 Å². The van der Waals surface area contributed by atoms with Crippen molar-refractivity contribution in [2.24, 2.45) is 11.0 Å². The Kier molecular flexibility index (Phi) is 3.04. The van der Waals surface area contributed by atoms with Gasteiger partial charge in [0.1, 0.15) is 0 Å². The molecule has 5 nitrogen and oxygen atoms in total.